The summed E-state index contributed by atoms with van der Waals surface area (Å²) in [5.41, 5.74) is 3.72. The predicted octanol–water partition coefficient (Wildman–Crippen LogP) is 3.38. The second-order valence-electron chi connectivity index (χ2n) is 6.49. The highest BCUT2D eigenvalue weighted by molar-refractivity contribution is 6.32. The monoisotopic (exact) mass is 403 g/mol. The van der Waals surface area contributed by atoms with Crippen LogP contribution in [0.3, 0.4) is 0 Å². The number of carboxylic acids is 2. The number of halogens is 1. The number of hydrogen-bond acceptors (Lipinski definition) is 4. The highest BCUT2D eigenvalue weighted by Crippen LogP contribution is 2.36. The number of phenolic OH excluding ortho intramolecular Hbond substituents is 1. The van der Waals surface area contributed by atoms with E-state index in [0.29, 0.717) is 17.2 Å². The normalized spacial score (nSPS) is 16.6. The lowest BCUT2D eigenvalue weighted by Gasteiger charge is -2.22. The molecule has 6 nitrogen and oxygen atoms in total. The minimum atomic E-state index is -1.26. The van der Waals surface area contributed by atoms with Crippen LogP contribution < -0.4 is 0 Å². The molecule has 0 radical (unpaired) electrons. The molecule has 0 aliphatic carbocycles. The van der Waals surface area contributed by atoms with Gasteiger partial charge in [-0.05, 0) is 42.3 Å². The molecule has 7 heteroatoms. The number of likely N-dealkylation sites (N-methyl/N-ethyl adjacent to an activating group) is 1. The molecule has 2 aromatic rings. The van der Waals surface area contributed by atoms with E-state index >= 15 is 0 Å². The Balaban J connectivity index is 0.000000300. The van der Waals surface area contributed by atoms with Crippen LogP contribution in [-0.2, 0) is 16.0 Å². The Morgan fingerprint density at radius 3 is 2.29 bits per heavy atom. The maximum atomic E-state index is 9.95. The number of benzene rings is 2. The van der Waals surface area contributed by atoms with Crippen molar-refractivity contribution in [3.05, 3.63) is 76.3 Å². The number of rotatable bonds is 3. The second-order valence-corrected chi connectivity index (χ2v) is 6.89. The summed E-state index contributed by atoms with van der Waals surface area (Å²) in [6, 6.07) is 14.2. The highest BCUT2D eigenvalue weighted by Gasteiger charge is 2.24. The average Bonchev–Trinajstić information content (AvgIpc) is 2.81. The molecule has 1 atom stereocenters. The summed E-state index contributed by atoms with van der Waals surface area (Å²) in [7, 11) is 2.14. The van der Waals surface area contributed by atoms with Gasteiger partial charge in [-0.1, -0.05) is 41.9 Å². The first kappa shape index (κ1) is 21.5. The van der Waals surface area contributed by atoms with E-state index in [4.69, 9.17) is 21.8 Å². The average molecular weight is 404 g/mol. The fourth-order valence-corrected chi connectivity index (χ4v) is 3.27. The molecular formula is C21H22ClNO5. The summed E-state index contributed by atoms with van der Waals surface area (Å²) < 4.78 is 0. The molecule has 0 bridgehead atoms. The van der Waals surface area contributed by atoms with Crippen LogP contribution in [0.4, 0.5) is 0 Å². The molecule has 0 saturated heterocycles. The number of carbonyl (C=O) groups is 2. The molecule has 3 N–H and O–H groups in total. The van der Waals surface area contributed by atoms with Crippen molar-refractivity contribution in [3.63, 3.8) is 0 Å². The van der Waals surface area contributed by atoms with Crippen LogP contribution in [0.2, 0.25) is 5.02 Å². The van der Waals surface area contributed by atoms with Gasteiger partial charge in [0.05, 0.1) is 5.02 Å². The Morgan fingerprint density at radius 2 is 1.71 bits per heavy atom. The number of nitrogens with zero attached hydrogens (tertiary/aromatic N) is 1. The molecule has 0 amide bonds. The molecule has 2 aromatic carbocycles. The van der Waals surface area contributed by atoms with Crippen LogP contribution in [0.5, 0.6) is 5.75 Å². The Hall–Kier alpha value is -2.83. The van der Waals surface area contributed by atoms with E-state index in [1.807, 2.05) is 18.2 Å². The quantitative estimate of drug-likeness (QED) is 0.679. The van der Waals surface area contributed by atoms with Crippen LogP contribution in [0.25, 0.3) is 0 Å². The zero-order valence-electron chi connectivity index (χ0n) is 15.4. The Morgan fingerprint density at radius 1 is 1.11 bits per heavy atom. The van der Waals surface area contributed by atoms with Crippen molar-refractivity contribution in [2.24, 2.45) is 0 Å². The van der Waals surface area contributed by atoms with E-state index in [-0.39, 0.29) is 11.7 Å². The summed E-state index contributed by atoms with van der Waals surface area (Å²) in [6.45, 7) is 1.97. The second kappa shape index (κ2) is 9.92. The smallest absolute Gasteiger partial charge is 0.328 e. The number of phenols is 1. The van der Waals surface area contributed by atoms with Crippen LogP contribution in [0.1, 0.15) is 22.6 Å². The zero-order chi connectivity index (χ0) is 20.7. The van der Waals surface area contributed by atoms with Crippen molar-refractivity contribution in [1.29, 1.82) is 0 Å². The van der Waals surface area contributed by atoms with Gasteiger partial charge in [-0.3, -0.25) is 0 Å². The third kappa shape index (κ3) is 6.11. The summed E-state index contributed by atoms with van der Waals surface area (Å²) in [4.78, 5) is 21.4. The van der Waals surface area contributed by atoms with E-state index in [2.05, 4.69) is 36.2 Å². The van der Waals surface area contributed by atoms with Gasteiger partial charge in [0.25, 0.3) is 0 Å². The SMILES string of the molecule is CN1CCc2cc(Cl)c(O)cc2C(c2ccccc2)C1.O=C(O)/C=C\C(=O)O. The molecular weight excluding hydrogens is 382 g/mol. The molecule has 0 saturated carbocycles. The third-order valence-electron chi connectivity index (χ3n) is 4.41. The highest BCUT2D eigenvalue weighted by atomic mass is 35.5. The van der Waals surface area contributed by atoms with Crippen LogP contribution in [0.15, 0.2) is 54.6 Å². The van der Waals surface area contributed by atoms with Gasteiger partial charge in [0.15, 0.2) is 0 Å². The molecule has 0 fully saturated rings. The van der Waals surface area contributed by atoms with Gasteiger partial charge in [0.1, 0.15) is 5.75 Å². The van der Waals surface area contributed by atoms with Crippen LogP contribution in [0, 0.1) is 0 Å². The lowest BCUT2D eigenvalue weighted by molar-refractivity contribution is -0.134. The topological polar surface area (TPSA) is 98.1 Å². The van der Waals surface area contributed by atoms with Gasteiger partial charge in [-0.2, -0.15) is 0 Å². The third-order valence-corrected chi connectivity index (χ3v) is 4.71. The Kier molecular flexibility index (Phi) is 7.61. The lowest BCUT2D eigenvalue weighted by atomic mass is 9.88. The van der Waals surface area contributed by atoms with Crippen molar-refractivity contribution in [1.82, 2.24) is 4.90 Å². The van der Waals surface area contributed by atoms with E-state index in [0.717, 1.165) is 19.5 Å². The summed E-state index contributed by atoms with van der Waals surface area (Å²) in [6.07, 6.45) is 2.08. The van der Waals surface area contributed by atoms with E-state index < -0.39 is 11.9 Å². The molecule has 3 rings (SSSR count). The lowest BCUT2D eigenvalue weighted by Crippen LogP contribution is -2.24. The minimum absolute atomic E-state index is 0.177. The van der Waals surface area contributed by atoms with Gasteiger partial charge in [-0.25, -0.2) is 9.59 Å². The predicted molar refractivity (Wildman–Crippen MR) is 107 cm³/mol. The molecule has 1 aliphatic heterocycles. The maximum Gasteiger partial charge on any atom is 0.328 e. The van der Waals surface area contributed by atoms with E-state index in [1.165, 1.54) is 16.7 Å². The van der Waals surface area contributed by atoms with Crippen molar-refractivity contribution < 1.29 is 24.9 Å². The van der Waals surface area contributed by atoms with Crippen LogP contribution in [-0.4, -0.2) is 52.3 Å². The van der Waals surface area contributed by atoms with Gasteiger partial charge in [0, 0.05) is 31.2 Å². The van der Waals surface area contributed by atoms with Gasteiger partial charge >= 0.3 is 11.9 Å². The number of aliphatic carboxylic acids is 2. The van der Waals surface area contributed by atoms with Gasteiger partial charge < -0.3 is 20.2 Å². The first-order valence-electron chi connectivity index (χ1n) is 8.66. The fourth-order valence-electron chi connectivity index (χ4n) is 3.09. The van der Waals surface area contributed by atoms with Crippen molar-refractivity contribution in [2.45, 2.75) is 12.3 Å². The van der Waals surface area contributed by atoms with Crippen LogP contribution >= 0.6 is 11.6 Å². The van der Waals surface area contributed by atoms with Crippen molar-refractivity contribution in [2.75, 3.05) is 20.1 Å². The molecule has 0 spiro atoms. The molecule has 28 heavy (non-hydrogen) atoms. The number of fused-ring (bicyclic) bond motifs is 1. The van der Waals surface area contributed by atoms with E-state index in [9.17, 15) is 14.7 Å². The van der Waals surface area contributed by atoms with Crippen molar-refractivity contribution >= 4 is 23.5 Å². The molecule has 1 heterocycles. The van der Waals surface area contributed by atoms with Gasteiger partial charge in [0.2, 0.25) is 0 Å². The number of aromatic hydroxyl groups is 1. The Bertz CT molecular complexity index is 851. The van der Waals surface area contributed by atoms with Crippen molar-refractivity contribution in [3.8, 4) is 5.75 Å². The summed E-state index contributed by atoms with van der Waals surface area (Å²) >= 11 is 6.07. The maximum absolute atomic E-state index is 9.95. The molecule has 1 aliphatic rings. The first-order valence-corrected chi connectivity index (χ1v) is 9.04. The molecule has 1 unspecified atom stereocenters. The number of carboxylic acid groups (broad SMARTS) is 2. The summed E-state index contributed by atoms with van der Waals surface area (Å²) in [5, 5.41) is 26.0. The van der Waals surface area contributed by atoms with Gasteiger partial charge in [-0.15, -0.1) is 0 Å². The zero-order valence-corrected chi connectivity index (χ0v) is 16.1. The summed E-state index contributed by atoms with van der Waals surface area (Å²) in [5.74, 6) is -2.06. The number of hydrogen-bond donors (Lipinski definition) is 3. The Labute approximate surface area is 168 Å². The minimum Gasteiger partial charge on any atom is -0.506 e. The van der Waals surface area contributed by atoms with E-state index in [1.54, 1.807) is 0 Å². The fraction of sp³-hybridized carbons (Fsp3) is 0.238. The molecule has 0 aromatic heterocycles. The standard InChI is InChI=1S/C17H18ClNO.C4H4O4/c1-19-8-7-13-9-16(18)17(20)10-14(13)15(11-19)12-5-3-2-4-6-12;5-3(6)1-2-4(7)8/h2-6,9-10,15,20H,7-8,11H2,1H3;1-2H,(H,5,6)(H,7,8)/b;2-1-. The first-order chi connectivity index (χ1) is 13.3. The largest absolute Gasteiger partial charge is 0.506 e. The molecule has 148 valence electrons.